The zero-order valence-corrected chi connectivity index (χ0v) is 14.8. The molecule has 1 aliphatic rings. The van der Waals surface area contributed by atoms with Crippen molar-refractivity contribution in [2.75, 3.05) is 7.11 Å². The Hall–Kier alpha value is -2.30. The number of hydrogen-bond acceptors (Lipinski definition) is 3. The highest BCUT2D eigenvalue weighted by molar-refractivity contribution is 5.79. The number of methoxy groups -OCH3 is 1. The molecule has 0 radical (unpaired) electrons. The molecule has 0 bridgehead atoms. The topological polar surface area (TPSA) is 56.1 Å². The number of carbonyl (C=O) groups excluding carboxylic acids is 1. The summed E-state index contributed by atoms with van der Waals surface area (Å²) in [5.74, 6) is 0.839. The van der Waals surface area contributed by atoms with Crippen LogP contribution in [0.15, 0.2) is 30.5 Å². The van der Waals surface area contributed by atoms with Gasteiger partial charge in [0.2, 0.25) is 5.91 Å². The van der Waals surface area contributed by atoms with Crippen LogP contribution in [0.4, 0.5) is 0 Å². The Morgan fingerprint density at radius 2 is 2.08 bits per heavy atom. The van der Waals surface area contributed by atoms with E-state index < -0.39 is 0 Å². The number of rotatable bonds is 4. The second kappa shape index (κ2) is 6.30. The number of amides is 1. The Kier molecular flexibility index (Phi) is 4.35. The Balaban J connectivity index is 1.71. The fourth-order valence-corrected chi connectivity index (χ4v) is 3.48. The molecule has 0 fully saturated rings. The van der Waals surface area contributed by atoms with Gasteiger partial charge in [-0.2, -0.15) is 5.10 Å². The van der Waals surface area contributed by atoms with Crippen molar-refractivity contribution in [1.82, 2.24) is 15.1 Å². The molecule has 1 aliphatic carbocycles. The van der Waals surface area contributed by atoms with Crippen LogP contribution in [0, 0.1) is 5.41 Å². The highest BCUT2D eigenvalue weighted by Crippen LogP contribution is 2.40. The van der Waals surface area contributed by atoms with Crippen molar-refractivity contribution in [3.05, 3.63) is 47.3 Å². The normalized spacial score (nSPS) is 18.8. The highest BCUT2D eigenvalue weighted by Gasteiger charge is 2.35. The van der Waals surface area contributed by atoms with Gasteiger partial charge in [-0.15, -0.1) is 0 Å². The van der Waals surface area contributed by atoms with Crippen LogP contribution >= 0.6 is 0 Å². The molecule has 0 unspecified atom stereocenters. The molecule has 128 valence electrons. The maximum Gasteiger partial charge on any atom is 0.224 e. The average Bonchev–Trinajstić information content (AvgIpc) is 2.88. The smallest absolute Gasteiger partial charge is 0.224 e. The molecular weight excluding hydrogens is 302 g/mol. The molecule has 1 aromatic heterocycles. The third kappa shape index (κ3) is 3.45. The average molecular weight is 327 g/mol. The van der Waals surface area contributed by atoms with E-state index in [1.54, 1.807) is 7.11 Å². The van der Waals surface area contributed by atoms with Gasteiger partial charge in [0.15, 0.2) is 0 Å². The summed E-state index contributed by atoms with van der Waals surface area (Å²) in [6, 6.07) is 7.65. The van der Waals surface area contributed by atoms with E-state index in [-0.39, 0.29) is 17.4 Å². The zero-order chi connectivity index (χ0) is 17.3. The standard InChI is InChI=1S/C19H25N3O2/c1-19(2)10-16(15-12-20-22(3)17(15)11-19)21-18(23)9-13-5-7-14(24-4)8-6-13/h5-8,12,16H,9-11H2,1-4H3,(H,21,23)/t16-/m0/s1. The predicted molar refractivity (Wildman–Crippen MR) is 92.9 cm³/mol. The van der Waals surface area contributed by atoms with Crippen molar-refractivity contribution in [3.63, 3.8) is 0 Å². The van der Waals surface area contributed by atoms with Crippen LogP contribution < -0.4 is 10.1 Å². The first-order valence-electron chi connectivity index (χ1n) is 8.31. The van der Waals surface area contributed by atoms with Crippen molar-refractivity contribution in [2.24, 2.45) is 12.5 Å². The molecular formula is C19H25N3O2. The summed E-state index contributed by atoms with van der Waals surface area (Å²) >= 11 is 0. The lowest BCUT2D eigenvalue weighted by Crippen LogP contribution is -2.37. The SMILES string of the molecule is COc1ccc(CC(=O)N[C@H]2CC(C)(C)Cc3c2cnn3C)cc1. The number of nitrogens with one attached hydrogen (secondary N) is 1. The number of benzene rings is 1. The fraction of sp³-hybridized carbons (Fsp3) is 0.474. The molecule has 5 heteroatoms. The lowest BCUT2D eigenvalue weighted by atomic mass is 9.74. The first-order valence-corrected chi connectivity index (χ1v) is 8.31. The summed E-state index contributed by atoms with van der Waals surface area (Å²) < 4.78 is 7.08. The molecule has 1 amide bonds. The van der Waals surface area contributed by atoms with Crippen molar-refractivity contribution >= 4 is 5.91 Å². The minimum atomic E-state index is 0.0307. The van der Waals surface area contributed by atoms with E-state index in [9.17, 15) is 4.79 Å². The second-order valence-corrected chi connectivity index (χ2v) is 7.36. The van der Waals surface area contributed by atoms with Crippen molar-refractivity contribution in [1.29, 1.82) is 0 Å². The molecule has 1 N–H and O–H groups in total. The molecule has 3 rings (SSSR count). The number of carbonyl (C=O) groups is 1. The van der Waals surface area contributed by atoms with Crippen LogP contribution in [0.3, 0.4) is 0 Å². The van der Waals surface area contributed by atoms with Crippen LogP contribution in [0.5, 0.6) is 5.75 Å². The summed E-state index contributed by atoms with van der Waals surface area (Å²) in [5.41, 5.74) is 3.51. The third-order valence-electron chi connectivity index (χ3n) is 4.73. The predicted octanol–water partition coefficient (Wildman–Crippen LogP) is 2.80. The van der Waals surface area contributed by atoms with Crippen molar-refractivity contribution < 1.29 is 9.53 Å². The first-order chi connectivity index (χ1) is 11.4. The molecule has 0 aliphatic heterocycles. The van der Waals surface area contributed by atoms with Gasteiger partial charge < -0.3 is 10.1 Å². The van der Waals surface area contributed by atoms with Crippen molar-refractivity contribution in [3.8, 4) is 5.75 Å². The maximum absolute atomic E-state index is 12.5. The Morgan fingerprint density at radius 3 is 2.75 bits per heavy atom. The monoisotopic (exact) mass is 327 g/mol. The lowest BCUT2D eigenvalue weighted by Gasteiger charge is -2.35. The minimum absolute atomic E-state index is 0.0307. The molecule has 24 heavy (non-hydrogen) atoms. The van der Waals surface area contributed by atoms with Gasteiger partial charge in [0.25, 0.3) is 0 Å². The largest absolute Gasteiger partial charge is 0.497 e. The number of hydrogen-bond donors (Lipinski definition) is 1. The number of fused-ring (bicyclic) bond motifs is 1. The minimum Gasteiger partial charge on any atom is -0.497 e. The van der Waals surface area contributed by atoms with Crippen molar-refractivity contribution in [2.45, 2.75) is 39.2 Å². The molecule has 1 atom stereocenters. The maximum atomic E-state index is 12.5. The fourth-order valence-electron chi connectivity index (χ4n) is 3.48. The molecule has 0 saturated carbocycles. The Labute approximate surface area is 143 Å². The quantitative estimate of drug-likeness (QED) is 0.939. The first kappa shape index (κ1) is 16.6. The molecule has 5 nitrogen and oxygen atoms in total. The zero-order valence-electron chi connectivity index (χ0n) is 14.8. The van der Waals surface area contributed by atoms with Crippen LogP contribution in [0.1, 0.15) is 43.1 Å². The number of aromatic nitrogens is 2. The molecule has 2 aromatic rings. The van der Waals surface area contributed by atoms with Gasteiger partial charge in [-0.25, -0.2) is 0 Å². The van der Waals surface area contributed by atoms with E-state index in [1.165, 1.54) is 5.69 Å². The van der Waals surface area contributed by atoms with Gasteiger partial charge >= 0.3 is 0 Å². The summed E-state index contributed by atoms with van der Waals surface area (Å²) in [4.78, 5) is 12.5. The Bertz CT molecular complexity index is 732. The van der Waals surface area contributed by atoms with Gasteiger partial charge in [-0.1, -0.05) is 26.0 Å². The van der Waals surface area contributed by atoms with E-state index in [2.05, 4.69) is 24.3 Å². The van der Waals surface area contributed by atoms with E-state index in [1.807, 2.05) is 42.2 Å². The summed E-state index contributed by atoms with van der Waals surface area (Å²) in [6.45, 7) is 4.48. The summed E-state index contributed by atoms with van der Waals surface area (Å²) in [7, 11) is 3.61. The molecule has 1 aromatic carbocycles. The van der Waals surface area contributed by atoms with Crippen LogP contribution in [0.2, 0.25) is 0 Å². The van der Waals surface area contributed by atoms with Crippen LogP contribution in [-0.2, 0) is 24.7 Å². The van der Waals surface area contributed by atoms with Gasteiger partial charge in [-0.05, 0) is 36.0 Å². The van der Waals surface area contributed by atoms with E-state index in [0.29, 0.717) is 6.42 Å². The molecule has 0 spiro atoms. The highest BCUT2D eigenvalue weighted by atomic mass is 16.5. The number of ether oxygens (including phenoxy) is 1. The molecule has 0 saturated heterocycles. The van der Waals surface area contributed by atoms with E-state index in [0.717, 1.165) is 29.7 Å². The van der Waals surface area contributed by atoms with E-state index in [4.69, 9.17) is 4.74 Å². The lowest BCUT2D eigenvalue weighted by molar-refractivity contribution is -0.121. The van der Waals surface area contributed by atoms with Crippen LogP contribution in [0.25, 0.3) is 0 Å². The van der Waals surface area contributed by atoms with Gasteiger partial charge in [-0.3, -0.25) is 9.48 Å². The van der Waals surface area contributed by atoms with E-state index >= 15 is 0 Å². The second-order valence-electron chi connectivity index (χ2n) is 7.36. The van der Waals surface area contributed by atoms with Crippen LogP contribution in [-0.4, -0.2) is 22.8 Å². The third-order valence-corrected chi connectivity index (χ3v) is 4.73. The summed E-state index contributed by atoms with van der Waals surface area (Å²) in [6.07, 6.45) is 4.18. The summed E-state index contributed by atoms with van der Waals surface area (Å²) in [5, 5.41) is 7.57. The van der Waals surface area contributed by atoms with Gasteiger partial charge in [0, 0.05) is 18.3 Å². The van der Waals surface area contributed by atoms with Gasteiger partial charge in [0.05, 0.1) is 25.8 Å². The van der Waals surface area contributed by atoms with Gasteiger partial charge in [0.1, 0.15) is 5.75 Å². The molecule has 1 heterocycles. The number of nitrogens with zero attached hydrogens (tertiary/aromatic N) is 2. The Morgan fingerprint density at radius 1 is 1.38 bits per heavy atom. The number of aryl methyl sites for hydroxylation is 1.